The van der Waals surface area contributed by atoms with Crippen molar-refractivity contribution in [2.45, 2.75) is 52.3 Å². The van der Waals surface area contributed by atoms with Crippen LogP contribution in [0.4, 0.5) is 0 Å². The molecule has 0 saturated heterocycles. The Balaban J connectivity index is 2.69. The molecular weight excluding hydrogens is 268 g/mol. The summed E-state index contributed by atoms with van der Waals surface area (Å²) in [4.78, 5) is 12.1. The number of ether oxygens (including phenoxy) is 2. The summed E-state index contributed by atoms with van der Waals surface area (Å²) in [5, 5.41) is 2.94. The van der Waals surface area contributed by atoms with E-state index in [0.717, 1.165) is 24.2 Å². The summed E-state index contributed by atoms with van der Waals surface area (Å²) in [6, 6.07) is 5.54. The number of hydrogen-bond acceptors (Lipinski definition) is 4. The maximum atomic E-state index is 12.1. The first-order valence-corrected chi connectivity index (χ1v) is 7.35. The summed E-state index contributed by atoms with van der Waals surface area (Å²) in [7, 11) is 1.60. The SMILES string of the molecule is CCCC(C)NC(=O)C(C)Oc1ccc(OC)cc1CN. The molecule has 118 valence electrons. The zero-order valence-corrected chi connectivity index (χ0v) is 13.3. The van der Waals surface area contributed by atoms with E-state index in [1.165, 1.54) is 0 Å². The van der Waals surface area contributed by atoms with Gasteiger partial charge in [0.2, 0.25) is 0 Å². The zero-order chi connectivity index (χ0) is 15.8. The van der Waals surface area contributed by atoms with Gasteiger partial charge in [0.25, 0.3) is 5.91 Å². The van der Waals surface area contributed by atoms with Crippen LogP contribution in [0.5, 0.6) is 11.5 Å². The first kappa shape index (κ1) is 17.3. The van der Waals surface area contributed by atoms with Crippen LogP contribution in [0.3, 0.4) is 0 Å². The lowest BCUT2D eigenvalue weighted by molar-refractivity contribution is -0.127. The van der Waals surface area contributed by atoms with Crippen molar-refractivity contribution < 1.29 is 14.3 Å². The minimum Gasteiger partial charge on any atom is -0.497 e. The molecule has 0 heterocycles. The summed E-state index contributed by atoms with van der Waals surface area (Å²) in [6.45, 7) is 6.14. The van der Waals surface area contributed by atoms with E-state index in [2.05, 4.69) is 12.2 Å². The van der Waals surface area contributed by atoms with Crippen molar-refractivity contribution in [2.24, 2.45) is 5.73 Å². The minimum atomic E-state index is -0.567. The number of benzene rings is 1. The molecule has 2 unspecified atom stereocenters. The Hall–Kier alpha value is -1.75. The van der Waals surface area contributed by atoms with Gasteiger partial charge < -0.3 is 20.5 Å². The third-order valence-electron chi connectivity index (χ3n) is 3.27. The van der Waals surface area contributed by atoms with Gasteiger partial charge in [-0.15, -0.1) is 0 Å². The highest BCUT2D eigenvalue weighted by Gasteiger charge is 2.18. The summed E-state index contributed by atoms with van der Waals surface area (Å²) in [6.07, 6.45) is 1.42. The predicted octanol–water partition coefficient (Wildman–Crippen LogP) is 2.23. The zero-order valence-electron chi connectivity index (χ0n) is 13.3. The molecule has 1 amide bonds. The van der Waals surface area contributed by atoms with Crippen molar-refractivity contribution in [3.8, 4) is 11.5 Å². The number of methoxy groups -OCH3 is 1. The average Bonchev–Trinajstić information content (AvgIpc) is 2.47. The van der Waals surface area contributed by atoms with Gasteiger partial charge in [-0.2, -0.15) is 0 Å². The lowest BCUT2D eigenvalue weighted by atomic mass is 10.1. The Labute approximate surface area is 126 Å². The maximum Gasteiger partial charge on any atom is 0.260 e. The number of carbonyl (C=O) groups is 1. The van der Waals surface area contributed by atoms with Crippen LogP contribution in [-0.2, 0) is 11.3 Å². The second kappa shape index (κ2) is 8.52. The van der Waals surface area contributed by atoms with Crippen LogP contribution < -0.4 is 20.5 Å². The second-order valence-corrected chi connectivity index (χ2v) is 5.14. The maximum absolute atomic E-state index is 12.1. The van der Waals surface area contributed by atoms with Gasteiger partial charge in [-0.25, -0.2) is 0 Å². The molecular formula is C16H26N2O3. The lowest BCUT2D eigenvalue weighted by Crippen LogP contribution is -2.41. The standard InChI is InChI=1S/C16H26N2O3/c1-5-6-11(2)18-16(19)12(3)21-15-8-7-14(20-4)9-13(15)10-17/h7-9,11-12H,5-6,10,17H2,1-4H3,(H,18,19). The first-order chi connectivity index (χ1) is 10.0. The number of carbonyl (C=O) groups excluding carboxylic acids is 1. The Kier molecular flexibility index (Phi) is 7.02. The molecule has 1 aromatic carbocycles. The molecule has 5 nitrogen and oxygen atoms in total. The molecule has 5 heteroatoms. The van der Waals surface area contributed by atoms with E-state index in [1.54, 1.807) is 26.2 Å². The van der Waals surface area contributed by atoms with Crippen LogP contribution in [0.25, 0.3) is 0 Å². The van der Waals surface area contributed by atoms with Gasteiger partial charge in [-0.05, 0) is 38.5 Å². The molecule has 21 heavy (non-hydrogen) atoms. The van der Waals surface area contributed by atoms with Gasteiger partial charge in [-0.1, -0.05) is 13.3 Å². The van der Waals surface area contributed by atoms with Crippen molar-refractivity contribution in [3.05, 3.63) is 23.8 Å². The van der Waals surface area contributed by atoms with Crippen molar-refractivity contribution in [1.29, 1.82) is 0 Å². The summed E-state index contributed by atoms with van der Waals surface area (Å²) < 4.78 is 10.9. The van der Waals surface area contributed by atoms with Gasteiger partial charge in [0.1, 0.15) is 11.5 Å². The van der Waals surface area contributed by atoms with Crippen LogP contribution >= 0.6 is 0 Å². The summed E-state index contributed by atoms with van der Waals surface area (Å²) in [5.41, 5.74) is 6.53. The molecule has 3 N–H and O–H groups in total. The molecule has 0 aliphatic rings. The van der Waals surface area contributed by atoms with Gasteiger partial charge in [-0.3, -0.25) is 4.79 Å². The number of amides is 1. The molecule has 2 atom stereocenters. The Morgan fingerprint density at radius 1 is 1.38 bits per heavy atom. The average molecular weight is 294 g/mol. The van der Waals surface area contributed by atoms with E-state index < -0.39 is 6.10 Å². The molecule has 0 saturated carbocycles. The molecule has 0 aromatic heterocycles. The molecule has 0 radical (unpaired) electrons. The van der Waals surface area contributed by atoms with Gasteiger partial charge in [0, 0.05) is 18.2 Å². The third kappa shape index (κ3) is 5.27. The lowest BCUT2D eigenvalue weighted by Gasteiger charge is -2.20. The van der Waals surface area contributed by atoms with E-state index in [1.807, 2.05) is 13.0 Å². The van der Waals surface area contributed by atoms with Crippen LogP contribution in [0, 0.1) is 0 Å². The van der Waals surface area contributed by atoms with Crippen LogP contribution in [0.1, 0.15) is 39.2 Å². The Morgan fingerprint density at radius 2 is 2.10 bits per heavy atom. The molecule has 0 spiro atoms. The van der Waals surface area contributed by atoms with Crippen molar-refractivity contribution in [1.82, 2.24) is 5.32 Å². The van der Waals surface area contributed by atoms with Gasteiger partial charge in [0.05, 0.1) is 7.11 Å². The van der Waals surface area contributed by atoms with E-state index in [4.69, 9.17) is 15.2 Å². The van der Waals surface area contributed by atoms with Crippen molar-refractivity contribution in [3.63, 3.8) is 0 Å². The molecule has 0 aliphatic heterocycles. The normalized spacial score (nSPS) is 13.4. The first-order valence-electron chi connectivity index (χ1n) is 7.35. The smallest absolute Gasteiger partial charge is 0.260 e. The number of nitrogens with one attached hydrogen (secondary N) is 1. The number of rotatable bonds is 8. The third-order valence-corrected chi connectivity index (χ3v) is 3.27. The van der Waals surface area contributed by atoms with Crippen LogP contribution in [-0.4, -0.2) is 25.2 Å². The van der Waals surface area contributed by atoms with Crippen molar-refractivity contribution >= 4 is 5.91 Å². The fourth-order valence-corrected chi connectivity index (χ4v) is 2.07. The topological polar surface area (TPSA) is 73.6 Å². The quantitative estimate of drug-likeness (QED) is 0.771. The summed E-state index contributed by atoms with van der Waals surface area (Å²) >= 11 is 0. The van der Waals surface area contributed by atoms with Gasteiger partial charge in [0.15, 0.2) is 6.10 Å². The Morgan fingerprint density at radius 3 is 2.67 bits per heavy atom. The molecule has 0 fully saturated rings. The van der Waals surface area contributed by atoms with Crippen LogP contribution in [0.2, 0.25) is 0 Å². The second-order valence-electron chi connectivity index (χ2n) is 5.14. The van der Waals surface area contributed by atoms with E-state index in [-0.39, 0.29) is 11.9 Å². The molecule has 1 rings (SSSR count). The molecule has 0 aliphatic carbocycles. The van der Waals surface area contributed by atoms with E-state index in [9.17, 15) is 4.79 Å². The fourth-order valence-electron chi connectivity index (χ4n) is 2.07. The van der Waals surface area contributed by atoms with Crippen molar-refractivity contribution in [2.75, 3.05) is 7.11 Å². The highest BCUT2D eigenvalue weighted by molar-refractivity contribution is 5.81. The minimum absolute atomic E-state index is 0.116. The number of hydrogen-bond donors (Lipinski definition) is 2. The summed E-state index contributed by atoms with van der Waals surface area (Å²) in [5.74, 6) is 1.22. The van der Waals surface area contributed by atoms with E-state index in [0.29, 0.717) is 12.3 Å². The highest BCUT2D eigenvalue weighted by atomic mass is 16.5. The molecule has 1 aromatic rings. The largest absolute Gasteiger partial charge is 0.497 e. The monoisotopic (exact) mass is 294 g/mol. The molecule has 0 bridgehead atoms. The van der Waals surface area contributed by atoms with Gasteiger partial charge >= 0.3 is 0 Å². The van der Waals surface area contributed by atoms with Crippen LogP contribution in [0.15, 0.2) is 18.2 Å². The fraction of sp³-hybridized carbons (Fsp3) is 0.562. The Bertz CT molecular complexity index is 463. The number of nitrogens with two attached hydrogens (primary N) is 1. The predicted molar refractivity (Wildman–Crippen MR) is 83.5 cm³/mol. The van der Waals surface area contributed by atoms with E-state index >= 15 is 0 Å². The highest BCUT2D eigenvalue weighted by Crippen LogP contribution is 2.24.